The molecule has 0 unspecified atom stereocenters. The largest absolute Gasteiger partial charge is 0.496 e. The Morgan fingerprint density at radius 1 is 1.15 bits per heavy atom. The van der Waals surface area contributed by atoms with E-state index in [2.05, 4.69) is 29.8 Å². The van der Waals surface area contributed by atoms with Gasteiger partial charge in [-0.2, -0.15) is 4.31 Å². The summed E-state index contributed by atoms with van der Waals surface area (Å²) in [6, 6.07) is 13.4. The Kier molecular flexibility index (Phi) is 12.5. The molecule has 260 valence electrons. The van der Waals surface area contributed by atoms with Crippen molar-refractivity contribution in [1.82, 2.24) is 20.3 Å². The Bertz CT molecular complexity index is 1460. The van der Waals surface area contributed by atoms with Crippen LogP contribution in [-0.2, 0) is 37.2 Å². The average Bonchev–Trinajstić information content (AvgIpc) is 3.66. The van der Waals surface area contributed by atoms with Crippen molar-refractivity contribution in [3.05, 3.63) is 59.7 Å². The quantitative estimate of drug-likeness (QED) is 0.164. The number of aliphatic hydroxyl groups is 1. The topological polar surface area (TPSA) is 165 Å². The number of carbonyl (C=O) groups is 2. The van der Waals surface area contributed by atoms with Crippen LogP contribution >= 0.6 is 0 Å². The number of aliphatic hydroxyl groups excluding tert-OH is 1. The average molecular weight is 677 g/mol. The molecule has 13 nitrogen and oxygen atoms in total. The van der Waals surface area contributed by atoms with Gasteiger partial charge in [0, 0.05) is 20.1 Å². The van der Waals surface area contributed by atoms with Crippen LogP contribution in [0.15, 0.2) is 53.4 Å². The van der Waals surface area contributed by atoms with Crippen LogP contribution in [0.3, 0.4) is 0 Å². The van der Waals surface area contributed by atoms with Gasteiger partial charge in [-0.25, -0.2) is 18.0 Å². The van der Waals surface area contributed by atoms with Crippen molar-refractivity contribution in [2.75, 3.05) is 33.9 Å². The first-order valence-electron chi connectivity index (χ1n) is 15.9. The smallest absolute Gasteiger partial charge is 0.408 e. The summed E-state index contributed by atoms with van der Waals surface area (Å²) in [5.74, 6) is 0.431. The first-order chi connectivity index (χ1) is 22.3. The van der Waals surface area contributed by atoms with Crippen molar-refractivity contribution in [3.63, 3.8) is 0 Å². The van der Waals surface area contributed by atoms with E-state index in [-0.39, 0.29) is 35.4 Å². The highest BCUT2D eigenvalue weighted by Crippen LogP contribution is 2.35. The van der Waals surface area contributed by atoms with Crippen LogP contribution in [-0.4, -0.2) is 88.5 Å². The third kappa shape index (κ3) is 9.57. The molecule has 0 aromatic heterocycles. The van der Waals surface area contributed by atoms with E-state index in [4.69, 9.17) is 18.9 Å². The van der Waals surface area contributed by atoms with Crippen LogP contribution < -0.4 is 20.7 Å². The molecule has 2 heterocycles. The maximum atomic E-state index is 14.5. The minimum Gasteiger partial charge on any atom is -0.496 e. The molecule has 47 heavy (non-hydrogen) atoms. The lowest BCUT2D eigenvalue weighted by atomic mass is 9.81. The zero-order chi connectivity index (χ0) is 34.2. The van der Waals surface area contributed by atoms with Crippen LogP contribution in [0, 0.1) is 11.3 Å². The van der Waals surface area contributed by atoms with Gasteiger partial charge in [0.25, 0.3) is 0 Å². The Hall–Kier alpha value is -3.43. The van der Waals surface area contributed by atoms with Crippen molar-refractivity contribution in [3.8, 4) is 5.75 Å². The molecule has 4 rings (SSSR count). The zero-order valence-electron chi connectivity index (χ0n) is 27.7. The number of alkyl carbamates (subject to hydrolysis) is 1. The van der Waals surface area contributed by atoms with E-state index >= 15 is 0 Å². The molecule has 0 bridgehead atoms. The molecule has 0 saturated carbocycles. The Labute approximate surface area is 277 Å². The van der Waals surface area contributed by atoms with Crippen LogP contribution in [0.25, 0.3) is 0 Å². The number of nitrogens with one attached hydrogen (secondary N) is 3. The number of sulfonamides is 1. The highest BCUT2D eigenvalue weighted by Gasteiger charge is 2.44. The monoisotopic (exact) mass is 676 g/mol. The SMILES string of the molecule is CNC(=O)NCCCC(C)(C)Cc1cc(S(=O)(=O)N(Cc2ccccc2)[C@H](NC(=O)O[C@@H]2CO[C@@H]3OCC[C@@H]32)[C@@H](C)O)ccc1OC. The number of hydrogen-bond acceptors (Lipinski definition) is 9. The van der Waals surface area contributed by atoms with Crippen LogP contribution in [0.1, 0.15) is 51.2 Å². The third-order valence-corrected chi connectivity index (χ3v) is 10.4. The highest BCUT2D eigenvalue weighted by atomic mass is 32.2. The highest BCUT2D eigenvalue weighted by molar-refractivity contribution is 7.89. The molecule has 2 aromatic rings. The molecule has 14 heteroatoms. The predicted molar refractivity (Wildman–Crippen MR) is 174 cm³/mol. The zero-order valence-corrected chi connectivity index (χ0v) is 28.5. The molecular weight excluding hydrogens is 628 g/mol. The molecule has 2 fully saturated rings. The number of urea groups is 1. The first-order valence-corrected chi connectivity index (χ1v) is 17.4. The van der Waals surface area contributed by atoms with Crippen molar-refractivity contribution < 1.29 is 42.1 Å². The minimum atomic E-state index is -4.32. The van der Waals surface area contributed by atoms with Crippen LogP contribution in [0.5, 0.6) is 5.75 Å². The Morgan fingerprint density at radius 3 is 2.57 bits per heavy atom. The summed E-state index contributed by atoms with van der Waals surface area (Å²) in [5, 5.41) is 18.8. The van der Waals surface area contributed by atoms with Gasteiger partial charge in [-0.15, -0.1) is 0 Å². The summed E-state index contributed by atoms with van der Waals surface area (Å²) in [5.41, 5.74) is 1.09. The molecule has 0 radical (unpaired) electrons. The second kappa shape index (κ2) is 16.1. The van der Waals surface area contributed by atoms with E-state index in [0.29, 0.717) is 42.9 Å². The number of benzene rings is 2. The number of fused-ring (bicyclic) bond motifs is 1. The molecule has 2 aliphatic rings. The molecule has 0 spiro atoms. The van der Waals surface area contributed by atoms with Gasteiger partial charge in [0.2, 0.25) is 10.0 Å². The number of ether oxygens (including phenoxy) is 4. The van der Waals surface area contributed by atoms with E-state index in [1.165, 1.54) is 20.1 Å². The number of rotatable bonds is 15. The summed E-state index contributed by atoms with van der Waals surface area (Å²) in [6.07, 6.45) is -1.85. The molecule has 2 saturated heterocycles. The second-order valence-electron chi connectivity index (χ2n) is 12.8. The van der Waals surface area contributed by atoms with Crippen LogP contribution in [0.2, 0.25) is 0 Å². The molecule has 5 atom stereocenters. The molecular formula is C33H48N4O9S. The molecule has 3 amide bonds. The molecule has 0 aliphatic carbocycles. The molecule has 2 aliphatic heterocycles. The second-order valence-corrected chi connectivity index (χ2v) is 14.6. The maximum Gasteiger partial charge on any atom is 0.408 e. The minimum absolute atomic E-state index is 0.0164. The van der Waals surface area contributed by atoms with Crippen molar-refractivity contribution in [2.45, 2.75) is 82.6 Å². The lowest BCUT2D eigenvalue weighted by molar-refractivity contribution is -0.0907. The van der Waals surface area contributed by atoms with E-state index in [1.54, 1.807) is 43.4 Å². The summed E-state index contributed by atoms with van der Waals surface area (Å²) in [4.78, 5) is 24.7. The number of amides is 3. The lowest BCUT2D eigenvalue weighted by Gasteiger charge is -2.34. The van der Waals surface area contributed by atoms with Gasteiger partial charge in [0.05, 0.1) is 37.2 Å². The van der Waals surface area contributed by atoms with E-state index in [9.17, 15) is 23.1 Å². The fraction of sp³-hybridized carbons (Fsp3) is 0.576. The maximum absolute atomic E-state index is 14.5. The summed E-state index contributed by atoms with van der Waals surface area (Å²) < 4.78 is 52.4. The van der Waals surface area contributed by atoms with Gasteiger partial charge in [-0.1, -0.05) is 44.2 Å². The Morgan fingerprint density at radius 2 is 1.89 bits per heavy atom. The van der Waals surface area contributed by atoms with Gasteiger partial charge >= 0.3 is 12.1 Å². The number of carbonyl (C=O) groups excluding carboxylic acids is 2. The fourth-order valence-corrected chi connectivity index (χ4v) is 7.67. The van der Waals surface area contributed by atoms with Gasteiger partial charge in [0.1, 0.15) is 18.0 Å². The third-order valence-electron chi connectivity index (χ3n) is 8.53. The van der Waals surface area contributed by atoms with Crippen molar-refractivity contribution in [2.24, 2.45) is 11.3 Å². The number of methoxy groups -OCH3 is 1. The Balaban J connectivity index is 1.59. The van der Waals surface area contributed by atoms with E-state index in [0.717, 1.165) is 17.1 Å². The normalized spacial score (nSPS) is 20.7. The van der Waals surface area contributed by atoms with Crippen molar-refractivity contribution in [1.29, 1.82) is 0 Å². The summed E-state index contributed by atoms with van der Waals surface area (Å²) in [7, 11) is -1.23. The standard InChI is InChI=1S/C33H48N4O9S/c1-22(38)29(36-32(40)46-28-21-45-30-26(28)14-17-44-30)37(20-23-10-7-6-8-11-23)47(41,42)25-12-13-27(43-5)24(18-25)19-33(2,3)15-9-16-35-31(39)34-4/h6-8,10-13,18,22,26,28-30,38H,9,14-17,19-21H2,1-5H3,(H,36,40)(H2,34,35,39)/t22-,26-,28-,29+,30+/m1/s1. The lowest BCUT2D eigenvalue weighted by Crippen LogP contribution is -2.56. The predicted octanol–water partition coefficient (Wildman–Crippen LogP) is 3.36. The van der Waals surface area contributed by atoms with Gasteiger partial charge in [0.15, 0.2) is 6.29 Å². The van der Waals surface area contributed by atoms with Crippen molar-refractivity contribution >= 4 is 22.1 Å². The van der Waals surface area contributed by atoms with Gasteiger partial charge in [-0.3, -0.25) is 0 Å². The molecule has 4 N–H and O–H groups in total. The first kappa shape index (κ1) is 36.4. The molecule has 2 aromatic carbocycles. The van der Waals surface area contributed by atoms with E-state index < -0.39 is 40.8 Å². The summed E-state index contributed by atoms with van der Waals surface area (Å²) in [6.45, 7) is 6.61. The summed E-state index contributed by atoms with van der Waals surface area (Å²) >= 11 is 0. The van der Waals surface area contributed by atoms with Crippen LogP contribution in [0.4, 0.5) is 9.59 Å². The van der Waals surface area contributed by atoms with Gasteiger partial charge in [-0.05, 0) is 67.3 Å². The van der Waals surface area contributed by atoms with Gasteiger partial charge < -0.3 is 40.0 Å². The number of nitrogens with zero attached hydrogens (tertiary/aromatic N) is 1. The van der Waals surface area contributed by atoms with E-state index in [1.807, 2.05) is 6.07 Å². The number of hydrogen-bond donors (Lipinski definition) is 4. The fourth-order valence-electron chi connectivity index (χ4n) is 6.02.